The SMILES string of the molecule is Cc1ccc(-c2nn(C)c(-c3ccc(C)cc3)c2Cl)cc1. The van der Waals surface area contributed by atoms with Crippen molar-refractivity contribution in [3.8, 4) is 22.5 Å². The second-order valence-electron chi connectivity index (χ2n) is 5.37. The second kappa shape index (κ2) is 5.38. The van der Waals surface area contributed by atoms with E-state index in [1.807, 2.05) is 11.7 Å². The Bertz CT molecular complexity index is 768. The van der Waals surface area contributed by atoms with E-state index in [-0.39, 0.29) is 0 Å². The quantitative estimate of drug-likeness (QED) is 0.649. The summed E-state index contributed by atoms with van der Waals surface area (Å²) in [6, 6.07) is 16.6. The third kappa shape index (κ3) is 2.59. The summed E-state index contributed by atoms with van der Waals surface area (Å²) in [5, 5.41) is 5.29. The first kappa shape index (κ1) is 13.9. The molecule has 0 N–H and O–H groups in total. The molecule has 0 fully saturated rings. The van der Waals surface area contributed by atoms with Crippen molar-refractivity contribution in [2.24, 2.45) is 7.05 Å². The van der Waals surface area contributed by atoms with Gasteiger partial charge in [-0.15, -0.1) is 0 Å². The third-order valence-corrected chi connectivity index (χ3v) is 4.00. The van der Waals surface area contributed by atoms with Crippen LogP contribution in [0.1, 0.15) is 11.1 Å². The molecular formula is C18H17ClN2. The number of hydrogen-bond acceptors (Lipinski definition) is 1. The molecule has 106 valence electrons. The maximum Gasteiger partial charge on any atom is 0.112 e. The van der Waals surface area contributed by atoms with Crippen LogP contribution in [0, 0.1) is 13.8 Å². The van der Waals surface area contributed by atoms with Gasteiger partial charge >= 0.3 is 0 Å². The van der Waals surface area contributed by atoms with Crippen LogP contribution in [0.25, 0.3) is 22.5 Å². The first-order valence-electron chi connectivity index (χ1n) is 6.93. The Labute approximate surface area is 130 Å². The van der Waals surface area contributed by atoms with Crippen LogP contribution in [-0.4, -0.2) is 9.78 Å². The second-order valence-corrected chi connectivity index (χ2v) is 5.74. The lowest BCUT2D eigenvalue weighted by Gasteiger charge is -2.03. The minimum Gasteiger partial charge on any atom is -0.266 e. The number of nitrogens with zero attached hydrogens (tertiary/aromatic N) is 2. The maximum absolute atomic E-state index is 6.59. The summed E-state index contributed by atoms with van der Waals surface area (Å²) in [5.74, 6) is 0. The summed E-state index contributed by atoms with van der Waals surface area (Å²) in [7, 11) is 1.93. The first-order valence-corrected chi connectivity index (χ1v) is 7.30. The van der Waals surface area contributed by atoms with Gasteiger partial charge in [-0.25, -0.2) is 0 Å². The molecule has 2 aromatic carbocycles. The summed E-state index contributed by atoms with van der Waals surface area (Å²) in [6.45, 7) is 4.15. The zero-order valence-electron chi connectivity index (χ0n) is 12.4. The smallest absolute Gasteiger partial charge is 0.112 e. The van der Waals surface area contributed by atoms with Crippen molar-refractivity contribution in [2.75, 3.05) is 0 Å². The van der Waals surface area contributed by atoms with Crippen LogP contribution in [0.3, 0.4) is 0 Å². The Morgan fingerprint density at radius 2 is 1.29 bits per heavy atom. The molecule has 0 atom stereocenters. The molecule has 0 aliphatic heterocycles. The standard InChI is InChI=1S/C18H17ClN2/c1-12-4-8-14(9-5-12)17-16(19)18(21(3)20-17)15-10-6-13(2)7-11-15/h4-11H,1-3H3. The zero-order valence-corrected chi connectivity index (χ0v) is 13.1. The Morgan fingerprint density at radius 3 is 1.81 bits per heavy atom. The highest BCUT2D eigenvalue weighted by Gasteiger charge is 2.17. The fourth-order valence-corrected chi connectivity index (χ4v) is 2.80. The van der Waals surface area contributed by atoms with Crippen molar-refractivity contribution in [3.63, 3.8) is 0 Å². The van der Waals surface area contributed by atoms with Crippen LogP contribution in [0.2, 0.25) is 5.02 Å². The highest BCUT2D eigenvalue weighted by atomic mass is 35.5. The number of aromatic nitrogens is 2. The molecule has 0 unspecified atom stereocenters. The molecule has 0 radical (unpaired) electrons. The van der Waals surface area contributed by atoms with Gasteiger partial charge in [-0.3, -0.25) is 4.68 Å². The van der Waals surface area contributed by atoms with Crippen LogP contribution >= 0.6 is 11.6 Å². The molecule has 0 saturated carbocycles. The lowest BCUT2D eigenvalue weighted by atomic mass is 10.1. The molecular weight excluding hydrogens is 280 g/mol. The van der Waals surface area contributed by atoms with E-state index >= 15 is 0 Å². The predicted molar refractivity (Wildman–Crippen MR) is 88.6 cm³/mol. The minimum atomic E-state index is 0.699. The average molecular weight is 297 g/mol. The summed E-state index contributed by atoms with van der Waals surface area (Å²) in [4.78, 5) is 0. The predicted octanol–water partition coefficient (Wildman–Crippen LogP) is 5.02. The summed E-state index contributed by atoms with van der Waals surface area (Å²) in [5.41, 5.74) is 6.36. The Kier molecular flexibility index (Phi) is 3.56. The van der Waals surface area contributed by atoms with Gasteiger partial charge in [0.2, 0.25) is 0 Å². The van der Waals surface area contributed by atoms with Gasteiger partial charge in [0.05, 0.1) is 10.7 Å². The molecule has 1 aromatic heterocycles. The van der Waals surface area contributed by atoms with Crippen molar-refractivity contribution < 1.29 is 0 Å². The summed E-state index contributed by atoms with van der Waals surface area (Å²) < 4.78 is 1.85. The topological polar surface area (TPSA) is 17.8 Å². The summed E-state index contributed by atoms with van der Waals surface area (Å²) >= 11 is 6.59. The van der Waals surface area contributed by atoms with Crippen LogP contribution in [0.4, 0.5) is 0 Å². The van der Waals surface area contributed by atoms with E-state index in [0.717, 1.165) is 22.5 Å². The van der Waals surface area contributed by atoms with Crippen LogP contribution in [0.5, 0.6) is 0 Å². The normalized spacial score (nSPS) is 10.9. The molecule has 0 aliphatic carbocycles. The van der Waals surface area contributed by atoms with Gasteiger partial charge in [0.15, 0.2) is 0 Å². The van der Waals surface area contributed by atoms with Crippen LogP contribution in [0.15, 0.2) is 48.5 Å². The molecule has 0 bridgehead atoms. The molecule has 3 aromatic rings. The number of aryl methyl sites for hydroxylation is 3. The van der Waals surface area contributed by atoms with Gasteiger partial charge in [-0.2, -0.15) is 5.10 Å². The van der Waals surface area contributed by atoms with E-state index in [1.165, 1.54) is 11.1 Å². The van der Waals surface area contributed by atoms with Crippen molar-refractivity contribution >= 4 is 11.6 Å². The van der Waals surface area contributed by atoms with E-state index < -0.39 is 0 Å². The largest absolute Gasteiger partial charge is 0.266 e. The lowest BCUT2D eigenvalue weighted by Crippen LogP contribution is -1.94. The van der Waals surface area contributed by atoms with Gasteiger partial charge in [0.25, 0.3) is 0 Å². The number of halogens is 1. The highest BCUT2D eigenvalue weighted by molar-refractivity contribution is 6.35. The van der Waals surface area contributed by atoms with E-state index in [2.05, 4.69) is 67.5 Å². The van der Waals surface area contributed by atoms with Crippen molar-refractivity contribution in [1.29, 1.82) is 0 Å². The highest BCUT2D eigenvalue weighted by Crippen LogP contribution is 2.35. The fraction of sp³-hybridized carbons (Fsp3) is 0.167. The minimum absolute atomic E-state index is 0.699. The van der Waals surface area contributed by atoms with Gasteiger partial charge in [-0.05, 0) is 13.8 Å². The molecule has 3 rings (SSSR count). The van der Waals surface area contributed by atoms with Crippen molar-refractivity contribution in [2.45, 2.75) is 13.8 Å². The first-order chi connectivity index (χ1) is 10.1. The number of rotatable bonds is 2. The van der Waals surface area contributed by atoms with E-state index in [9.17, 15) is 0 Å². The van der Waals surface area contributed by atoms with Gasteiger partial charge < -0.3 is 0 Å². The maximum atomic E-state index is 6.59. The molecule has 0 spiro atoms. The van der Waals surface area contributed by atoms with E-state index in [0.29, 0.717) is 5.02 Å². The van der Waals surface area contributed by atoms with Gasteiger partial charge in [-0.1, -0.05) is 71.3 Å². The Hall–Kier alpha value is -2.06. The fourth-order valence-electron chi connectivity index (χ4n) is 2.42. The van der Waals surface area contributed by atoms with Crippen molar-refractivity contribution in [1.82, 2.24) is 9.78 Å². The Balaban J connectivity index is 2.12. The third-order valence-electron chi connectivity index (χ3n) is 3.64. The molecule has 1 heterocycles. The average Bonchev–Trinajstić information content (AvgIpc) is 2.76. The molecule has 0 amide bonds. The molecule has 3 heteroatoms. The Morgan fingerprint density at radius 1 is 0.810 bits per heavy atom. The van der Waals surface area contributed by atoms with Gasteiger partial charge in [0, 0.05) is 18.2 Å². The molecule has 2 nitrogen and oxygen atoms in total. The van der Waals surface area contributed by atoms with E-state index in [1.54, 1.807) is 0 Å². The monoisotopic (exact) mass is 296 g/mol. The molecule has 0 aliphatic rings. The molecule has 21 heavy (non-hydrogen) atoms. The van der Waals surface area contributed by atoms with E-state index in [4.69, 9.17) is 11.6 Å². The molecule has 0 saturated heterocycles. The summed E-state index contributed by atoms with van der Waals surface area (Å²) in [6.07, 6.45) is 0. The number of hydrogen-bond donors (Lipinski definition) is 0. The van der Waals surface area contributed by atoms with Crippen LogP contribution in [-0.2, 0) is 7.05 Å². The van der Waals surface area contributed by atoms with Crippen LogP contribution < -0.4 is 0 Å². The lowest BCUT2D eigenvalue weighted by molar-refractivity contribution is 0.779. The van der Waals surface area contributed by atoms with Crippen molar-refractivity contribution in [3.05, 3.63) is 64.7 Å². The number of benzene rings is 2. The zero-order chi connectivity index (χ0) is 15.0. The van der Waals surface area contributed by atoms with Gasteiger partial charge in [0.1, 0.15) is 5.69 Å².